The molecule has 0 bridgehead atoms. The third kappa shape index (κ3) is 3.42. The summed E-state index contributed by atoms with van der Waals surface area (Å²) in [5.74, 6) is 0.658. The van der Waals surface area contributed by atoms with Crippen LogP contribution in [-0.2, 0) is 9.53 Å². The van der Waals surface area contributed by atoms with Crippen molar-refractivity contribution in [3.05, 3.63) is 23.8 Å². The maximum Gasteiger partial charge on any atom is 0.270 e. The molecule has 0 saturated heterocycles. The van der Waals surface area contributed by atoms with Gasteiger partial charge in [-0.05, 0) is 30.5 Å². The number of amides is 1. The van der Waals surface area contributed by atoms with E-state index in [9.17, 15) is 4.79 Å². The number of anilines is 1. The largest absolute Gasteiger partial charge is 0.478 e. The van der Waals surface area contributed by atoms with E-state index in [1.807, 2.05) is 25.1 Å². The number of ether oxygens (including phenoxy) is 2. The average molecular weight is 306 g/mol. The average Bonchev–Trinajstić information content (AvgIpc) is 2.54. The molecule has 1 aliphatic heterocycles. The second-order valence-electron chi connectivity index (χ2n) is 5.67. The fourth-order valence-corrected chi connectivity index (χ4v) is 2.68. The normalized spacial score (nSPS) is 18.8. The molecule has 0 spiro atoms. The zero-order valence-electron chi connectivity index (χ0n) is 13.7. The van der Waals surface area contributed by atoms with Gasteiger partial charge in [-0.1, -0.05) is 32.8 Å². The van der Waals surface area contributed by atoms with Crippen LogP contribution in [0.25, 0.3) is 0 Å². The molecular formula is C17H26N2O3. The van der Waals surface area contributed by atoms with E-state index >= 15 is 0 Å². The molecular weight excluding hydrogens is 280 g/mol. The highest BCUT2D eigenvalue weighted by molar-refractivity contribution is 5.99. The summed E-state index contributed by atoms with van der Waals surface area (Å²) < 4.78 is 11.0. The second-order valence-corrected chi connectivity index (χ2v) is 5.67. The number of unbranched alkanes of at least 4 members (excludes halogenated alkanes) is 1. The first-order valence-corrected chi connectivity index (χ1v) is 7.98. The number of carbonyl (C=O) groups is 1. The van der Waals surface area contributed by atoms with Crippen molar-refractivity contribution >= 4 is 11.6 Å². The molecule has 0 fully saturated rings. The van der Waals surface area contributed by atoms with Gasteiger partial charge in [0.25, 0.3) is 5.91 Å². The lowest BCUT2D eigenvalue weighted by Crippen LogP contribution is -2.46. The summed E-state index contributed by atoms with van der Waals surface area (Å²) in [4.78, 5) is 14.1. The van der Waals surface area contributed by atoms with Crippen LogP contribution < -0.4 is 15.4 Å². The summed E-state index contributed by atoms with van der Waals surface area (Å²) in [5, 5.41) is 0. The van der Waals surface area contributed by atoms with Gasteiger partial charge in [0, 0.05) is 13.2 Å². The Bertz CT molecular complexity index is 519. The minimum atomic E-state index is -0.442. The van der Waals surface area contributed by atoms with Crippen molar-refractivity contribution in [3.8, 4) is 5.75 Å². The monoisotopic (exact) mass is 306 g/mol. The molecule has 2 N–H and O–H groups in total. The number of benzene rings is 1. The number of hydrogen-bond acceptors (Lipinski definition) is 4. The molecule has 0 saturated carbocycles. The summed E-state index contributed by atoms with van der Waals surface area (Å²) >= 11 is 0. The highest BCUT2D eigenvalue weighted by atomic mass is 16.5. The smallest absolute Gasteiger partial charge is 0.270 e. The first-order valence-electron chi connectivity index (χ1n) is 7.98. The lowest BCUT2D eigenvalue weighted by molar-refractivity contribution is -0.127. The quantitative estimate of drug-likeness (QED) is 0.841. The van der Waals surface area contributed by atoms with Crippen LogP contribution in [0, 0.1) is 0 Å². The Morgan fingerprint density at radius 2 is 2.18 bits per heavy atom. The molecule has 1 aliphatic rings. The minimum Gasteiger partial charge on any atom is -0.478 e. The van der Waals surface area contributed by atoms with E-state index in [1.54, 1.807) is 12.0 Å². The Balaban J connectivity index is 2.31. The molecule has 1 amide bonds. The van der Waals surface area contributed by atoms with Crippen LogP contribution in [0.3, 0.4) is 0 Å². The molecule has 2 atom stereocenters. The summed E-state index contributed by atoms with van der Waals surface area (Å²) in [5.41, 5.74) is 8.02. The molecule has 1 heterocycles. The van der Waals surface area contributed by atoms with Gasteiger partial charge in [0.2, 0.25) is 0 Å². The van der Waals surface area contributed by atoms with Gasteiger partial charge in [-0.15, -0.1) is 0 Å². The molecule has 0 radical (unpaired) electrons. The van der Waals surface area contributed by atoms with Crippen LogP contribution in [-0.4, -0.2) is 25.9 Å². The van der Waals surface area contributed by atoms with E-state index < -0.39 is 6.10 Å². The van der Waals surface area contributed by atoms with Gasteiger partial charge in [0.1, 0.15) is 12.5 Å². The first kappa shape index (κ1) is 16.8. The number of fused-ring (bicyclic) bond motifs is 1. The topological polar surface area (TPSA) is 64.8 Å². The SMILES string of the molecule is CCCCC(N)c1ccc2c(c1)N(COC)C(=O)C(CC)O2. The van der Waals surface area contributed by atoms with Gasteiger partial charge in [0.15, 0.2) is 6.10 Å². The van der Waals surface area contributed by atoms with Gasteiger partial charge in [-0.2, -0.15) is 0 Å². The summed E-state index contributed by atoms with van der Waals surface area (Å²) in [6.45, 7) is 4.31. The van der Waals surface area contributed by atoms with Crippen molar-refractivity contribution in [1.29, 1.82) is 0 Å². The van der Waals surface area contributed by atoms with Gasteiger partial charge >= 0.3 is 0 Å². The lowest BCUT2D eigenvalue weighted by Gasteiger charge is -2.34. The van der Waals surface area contributed by atoms with Crippen LogP contribution >= 0.6 is 0 Å². The third-order valence-electron chi connectivity index (χ3n) is 4.01. The van der Waals surface area contributed by atoms with Crippen molar-refractivity contribution in [3.63, 3.8) is 0 Å². The van der Waals surface area contributed by atoms with E-state index in [2.05, 4.69) is 6.92 Å². The zero-order valence-corrected chi connectivity index (χ0v) is 13.7. The molecule has 22 heavy (non-hydrogen) atoms. The van der Waals surface area contributed by atoms with Crippen LogP contribution in [0.5, 0.6) is 5.75 Å². The Morgan fingerprint density at radius 3 is 2.82 bits per heavy atom. The Kier molecular flexibility index (Phi) is 5.80. The van der Waals surface area contributed by atoms with Crippen molar-refractivity contribution in [2.24, 2.45) is 5.73 Å². The van der Waals surface area contributed by atoms with Gasteiger partial charge in [-0.3, -0.25) is 9.69 Å². The Morgan fingerprint density at radius 1 is 1.41 bits per heavy atom. The standard InChI is InChI=1S/C17H26N2O3/c1-4-6-7-13(18)12-8-9-16-14(10-12)19(11-21-3)17(20)15(5-2)22-16/h8-10,13,15H,4-7,11,18H2,1-3H3. The third-order valence-corrected chi connectivity index (χ3v) is 4.01. The van der Waals surface area contributed by atoms with Crippen molar-refractivity contribution < 1.29 is 14.3 Å². The molecule has 1 aromatic carbocycles. The van der Waals surface area contributed by atoms with Gasteiger partial charge in [0.05, 0.1) is 5.69 Å². The number of rotatable bonds is 7. The highest BCUT2D eigenvalue weighted by Gasteiger charge is 2.33. The maximum atomic E-state index is 12.5. The number of nitrogens with zero attached hydrogens (tertiary/aromatic N) is 1. The van der Waals surface area contributed by atoms with E-state index in [1.165, 1.54) is 0 Å². The Labute approximate surface area is 132 Å². The van der Waals surface area contributed by atoms with Crippen LogP contribution in [0.1, 0.15) is 51.1 Å². The highest BCUT2D eigenvalue weighted by Crippen LogP contribution is 2.37. The minimum absolute atomic E-state index is 0.0198. The fourth-order valence-electron chi connectivity index (χ4n) is 2.68. The molecule has 0 aliphatic carbocycles. The second kappa shape index (κ2) is 7.61. The number of nitrogens with two attached hydrogens (primary N) is 1. The molecule has 5 nitrogen and oxygen atoms in total. The number of carbonyl (C=O) groups excluding carboxylic acids is 1. The Hall–Kier alpha value is -1.59. The number of hydrogen-bond donors (Lipinski definition) is 1. The molecule has 1 aromatic rings. The number of methoxy groups -OCH3 is 1. The van der Waals surface area contributed by atoms with Crippen LogP contribution in [0.4, 0.5) is 5.69 Å². The van der Waals surface area contributed by atoms with Crippen molar-refractivity contribution in [1.82, 2.24) is 0 Å². The summed E-state index contributed by atoms with van der Waals surface area (Å²) in [6.07, 6.45) is 3.34. The molecule has 5 heteroatoms. The predicted octanol–water partition coefficient (Wildman–Crippen LogP) is 2.98. The van der Waals surface area contributed by atoms with E-state index in [0.29, 0.717) is 6.42 Å². The molecule has 122 valence electrons. The zero-order chi connectivity index (χ0) is 16.1. The van der Waals surface area contributed by atoms with Crippen molar-refractivity contribution in [2.75, 3.05) is 18.7 Å². The summed E-state index contributed by atoms with van der Waals surface area (Å²) in [7, 11) is 1.58. The van der Waals surface area contributed by atoms with Gasteiger partial charge < -0.3 is 15.2 Å². The van der Waals surface area contributed by atoms with Crippen LogP contribution in [0.2, 0.25) is 0 Å². The van der Waals surface area contributed by atoms with E-state index in [0.717, 1.165) is 36.3 Å². The van der Waals surface area contributed by atoms with Gasteiger partial charge in [-0.25, -0.2) is 0 Å². The van der Waals surface area contributed by atoms with E-state index in [4.69, 9.17) is 15.2 Å². The molecule has 2 unspecified atom stereocenters. The first-order chi connectivity index (χ1) is 10.6. The maximum absolute atomic E-state index is 12.5. The van der Waals surface area contributed by atoms with Crippen LogP contribution in [0.15, 0.2) is 18.2 Å². The predicted molar refractivity (Wildman–Crippen MR) is 87.0 cm³/mol. The molecule has 2 rings (SSSR count). The summed E-state index contributed by atoms with van der Waals surface area (Å²) in [6, 6.07) is 5.84. The molecule has 0 aromatic heterocycles. The van der Waals surface area contributed by atoms with E-state index in [-0.39, 0.29) is 18.7 Å². The van der Waals surface area contributed by atoms with Crippen molar-refractivity contribution in [2.45, 2.75) is 51.7 Å². The lowest BCUT2D eigenvalue weighted by atomic mass is 10.00. The fraction of sp³-hybridized carbons (Fsp3) is 0.588.